The van der Waals surface area contributed by atoms with Gasteiger partial charge in [0.15, 0.2) is 5.82 Å². The lowest BCUT2D eigenvalue weighted by atomic mass is 10.0. The van der Waals surface area contributed by atoms with E-state index in [0.717, 1.165) is 63.7 Å². The van der Waals surface area contributed by atoms with E-state index in [9.17, 15) is 9.18 Å². The van der Waals surface area contributed by atoms with Crippen molar-refractivity contribution in [2.45, 2.75) is 31.7 Å². The molecule has 1 fully saturated rings. The Balaban J connectivity index is 1.31. The van der Waals surface area contributed by atoms with Crippen molar-refractivity contribution >= 4 is 40.6 Å². The standard InChI is InChI=1S/C27H30ClFN6O2/c1-30-26(36)22-15-19(29)5-9-24(22)33-25-23(28)16-31-27(34-25)32-20-6-2-17-3-7-21(8-4-18(17)14-20)35-10-12-37-13-11-35/h2,5-6,9,14-16,21H,3-4,7-8,10-13H2,1H3,(H,30,36)(H2,31,32,33,34). The molecule has 3 aromatic rings. The average molecular weight is 525 g/mol. The molecule has 5 rings (SSSR count). The van der Waals surface area contributed by atoms with Gasteiger partial charge in [-0.05, 0) is 67.1 Å². The van der Waals surface area contributed by atoms with Gasteiger partial charge in [0.25, 0.3) is 5.91 Å². The van der Waals surface area contributed by atoms with Crippen molar-refractivity contribution < 1.29 is 13.9 Å². The second kappa shape index (κ2) is 11.4. The van der Waals surface area contributed by atoms with Crippen LogP contribution in [0.25, 0.3) is 0 Å². The van der Waals surface area contributed by atoms with Gasteiger partial charge in [-0.15, -0.1) is 0 Å². The summed E-state index contributed by atoms with van der Waals surface area (Å²) >= 11 is 6.34. The molecule has 1 atom stereocenters. The lowest BCUT2D eigenvalue weighted by Crippen LogP contribution is -2.43. The van der Waals surface area contributed by atoms with E-state index in [0.29, 0.717) is 23.5 Å². The average Bonchev–Trinajstić information content (AvgIpc) is 3.14. The van der Waals surface area contributed by atoms with Gasteiger partial charge in [0.2, 0.25) is 5.95 Å². The fraction of sp³-hybridized carbons (Fsp3) is 0.370. The summed E-state index contributed by atoms with van der Waals surface area (Å²) < 4.78 is 19.3. The Kier molecular flexibility index (Phi) is 7.83. The lowest BCUT2D eigenvalue weighted by molar-refractivity contribution is 0.0136. The summed E-state index contributed by atoms with van der Waals surface area (Å²) in [7, 11) is 1.49. The highest BCUT2D eigenvalue weighted by Gasteiger charge is 2.24. The Morgan fingerprint density at radius 1 is 1.08 bits per heavy atom. The molecule has 1 aliphatic heterocycles. The minimum atomic E-state index is -0.514. The fourth-order valence-corrected chi connectivity index (χ4v) is 5.13. The van der Waals surface area contributed by atoms with E-state index in [1.165, 1.54) is 36.5 Å². The van der Waals surface area contributed by atoms with Crippen molar-refractivity contribution in [2.75, 3.05) is 44.0 Å². The number of aromatic nitrogens is 2. The van der Waals surface area contributed by atoms with Gasteiger partial charge < -0.3 is 20.7 Å². The fourth-order valence-electron chi connectivity index (χ4n) is 5.00. The number of anilines is 4. The van der Waals surface area contributed by atoms with E-state index in [2.05, 4.69) is 43.0 Å². The molecular formula is C27H30ClFN6O2. The molecule has 3 N–H and O–H groups in total. The van der Waals surface area contributed by atoms with E-state index in [1.807, 2.05) is 6.07 Å². The van der Waals surface area contributed by atoms with Crippen LogP contribution in [0.1, 0.15) is 34.3 Å². The molecule has 194 valence electrons. The number of carbonyl (C=O) groups is 1. The first-order chi connectivity index (χ1) is 18.0. The van der Waals surface area contributed by atoms with E-state index >= 15 is 0 Å². The highest BCUT2D eigenvalue weighted by molar-refractivity contribution is 6.33. The third-order valence-electron chi connectivity index (χ3n) is 6.97. The minimum Gasteiger partial charge on any atom is -0.379 e. The molecule has 0 saturated carbocycles. The molecule has 1 aliphatic carbocycles. The van der Waals surface area contributed by atoms with Gasteiger partial charge in [0.1, 0.15) is 10.8 Å². The van der Waals surface area contributed by atoms with Crippen LogP contribution >= 0.6 is 11.6 Å². The smallest absolute Gasteiger partial charge is 0.253 e. The molecule has 37 heavy (non-hydrogen) atoms. The van der Waals surface area contributed by atoms with Gasteiger partial charge in [-0.2, -0.15) is 4.98 Å². The number of halogens is 2. The molecule has 2 aliphatic rings. The number of amides is 1. The Labute approximate surface area is 220 Å². The molecule has 1 unspecified atom stereocenters. The van der Waals surface area contributed by atoms with Crippen LogP contribution in [0.2, 0.25) is 5.02 Å². The maximum Gasteiger partial charge on any atom is 0.253 e. The van der Waals surface area contributed by atoms with Crippen LogP contribution in [-0.4, -0.2) is 60.2 Å². The molecule has 0 spiro atoms. The van der Waals surface area contributed by atoms with Gasteiger partial charge in [-0.3, -0.25) is 9.69 Å². The Bertz CT molecular complexity index is 1280. The number of hydrogen-bond donors (Lipinski definition) is 3. The first-order valence-corrected chi connectivity index (χ1v) is 12.9. The van der Waals surface area contributed by atoms with Crippen LogP contribution in [-0.2, 0) is 17.6 Å². The lowest BCUT2D eigenvalue weighted by Gasteiger charge is -2.33. The van der Waals surface area contributed by atoms with E-state index in [-0.39, 0.29) is 10.6 Å². The van der Waals surface area contributed by atoms with Crippen molar-refractivity contribution in [1.82, 2.24) is 20.2 Å². The number of morpholine rings is 1. The van der Waals surface area contributed by atoms with Crippen molar-refractivity contribution in [3.63, 3.8) is 0 Å². The number of hydrogen-bond acceptors (Lipinski definition) is 7. The molecule has 1 aromatic heterocycles. The summed E-state index contributed by atoms with van der Waals surface area (Å²) in [6.07, 6.45) is 5.87. The van der Waals surface area contributed by atoms with Gasteiger partial charge in [0.05, 0.1) is 30.7 Å². The van der Waals surface area contributed by atoms with Crippen molar-refractivity contribution in [3.8, 4) is 0 Å². The molecule has 8 nitrogen and oxygen atoms in total. The topological polar surface area (TPSA) is 91.4 Å². The molecule has 1 saturated heterocycles. The number of nitrogens with zero attached hydrogens (tertiary/aromatic N) is 3. The van der Waals surface area contributed by atoms with Crippen LogP contribution in [0.5, 0.6) is 0 Å². The number of aryl methyl sites for hydroxylation is 2. The number of ether oxygens (including phenoxy) is 1. The third kappa shape index (κ3) is 6.01. The summed E-state index contributed by atoms with van der Waals surface area (Å²) in [5.41, 5.74) is 4.15. The van der Waals surface area contributed by atoms with Crippen molar-refractivity contribution in [3.05, 3.63) is 70.1 Å². The van der Waals surface area contributed by atoms with E-state index < -0.39 is 11.7 Å². The third-order valence-corrected chi connectivity index (χ3v) is 7.25. The molecule has 1 amide bonds. The molecule has 0 radical (unpaired) electrons. The van der Waals surface area contributed by atoms with Crippen molar-refractivity contribution in [1.29, 1.82) is 0 Å². The highest BCUT2D eigenvalue weighted by atomic mass is 35.5. The van der Waals surface area contributed by atoms with Gasteiger partial charge in [-0.1, -0.05) is 17.7 Å². The molecule has 2 aromatic carbocycles. The summed E-state index contributed by atoms with van der Waals surface area (Å²) in [6, 6.07) is 10.9. The van der Waals surface area contributed by atoms with E-state index in [4.69, 9.17) is 16.3 Å². The Morgan fingerprint density at radius 2 is 1.86 bits per heavy atom. The molecule has 0 bridgehead atoms. The summed E-state index contributed by atoms with van der Waals surface area (Å²) in [4.78, 5) is 23.6. The molecule has 2 heterocycles. The zero-order valence-electron chi connectivity index (χ0n) is 20.7. The minimum absolute atomic E-state index is 0.146. The van der Waals surface area contributed by atoms with Crippen LogP contribution < -0.4 is 16.0 Å². The van der Waals surface area contributed by atoms with Crippen LogP contribution in [0.3, 0.4) is 0 Å². The second-order valence-electron chi connectivity index (χ2n) is 9.27. The number of nitrogens with one attached hydrogen (secondary N) is 3. The van der Waals surface area contributed by atoms with Gasteiger partial charge >= 0.3 is 0 Å². The van der Waals surface area contributed by atoms with E-state index in [1.54, 1.807) is 0 Å². The largest absolute Gasteiger partial charge is 0.379 e. The SMILES string of the molecule is CNC(=O)c1cc(F)ccc1Nc1nc(Nc2ccc3c(c2)CCC(N2CCOCC2)CC3)ncc1Cl. The predicted molar refractivity (Wildman–Crippen MR) is 143 cm³/mol. The molecule has 10 heteroatoms. The summed E-state index contributed by atoms with van der Waals surface area (Å²) in [5, 5.41) is 9.10. The van der Waals surface area contributed by atoms with Crippen LogP contribution in [0.4, 0.5) is 27.5 Å². The summed E-state index contributed by atoms with van der Waals surface area (Å²) in [6.45, 7) is 3.68. The Morgan fingerprint density at radius 3 is 2.65 bits per heavy atom. The quantitative estimate of drug-likeness (QED) is 0.403. The van der Waals surface area contributed by atoms with Crippen LogP contribution in [0, 0.1) is 5.82 Å². The Hall–Kier alpha value is -3.27. The monoisotopic (exact) mass is 524 g/mol. The molecular weight excluding hydrogens is 495 g/mol. The van der Waals surface area contributed by atoms with Gasteiger partial charge in [-0.25, -0.2) is 9.37 Å². The van der Waals surface area contributed by atoms with Gasteiger partial charge in [0, 0.05) is 31.9 Å². The number of fused-ring (bicyclic) bond motifs is 1. The first-order valence-electron chi connectivity index (χ1n) is 12.5. The number of benzene rings is 2. The normalized spacial score (nSPS) is 18.0. The second-order valence-corrected chi connectivity index (χ2v) is 9.68. The number of carbonyl (C=O) groups excluding carboxylic acids is 1. The summed E-state index contributed by atoms with van der Waals surface area (Å²) in [5.74, 6) is -0.277. The van der Waals surface area contributed by atoms with Crippen LogP contribution in [0.15, 0.2) is 42.6 Å². The predicted octanol–water partition coefficient (Wildman–Crippen LogP) is 4.70. The zero-order chi connectivity index (χ0) is 25.8. The van der Waals surface area contributed by atoms with Crippen molar-refractivity contribution in [2.24, 2.45) is 0 Å². The number of rotatable bonds is 6. The maximum absolute atomic E-state index is 13.8. The first kappa shape index (κ1) is 25.4. The highest BCUT2D eigenvalue weighted by Crippen LogP contribution is 2.30. The zero-order valence-corrected chi connectivity index (χ0v) is 21.4. The maximum atomic E-state index is 13.8.